The number of rotatable bonds is 6. The van der Waals surface area contributed by atoms with Gasteiger partial charge >= 0.3 is 0 Å². The van der Waals surface area contributed by atoms with Crippen LogP contribution in [0, 0.1) is 5.92 Å². The van der Waals surface area contributed by atoms with Crippen LogP contribution in [0.2, 0.25) is 0 Å². The number of methoxy groups -OCH3 is 1. The van der Waals surface area contributed by atoms with Gasteiger partial charge in [0.25, 0.3) is 0 Å². The minimum atomic E-state index is -3.55. The Hall–Kier alpha value is -1.27. The van der Waals surface area contributed by atoms with E-state index in [0.29, 0.717) is 18.2 Å². The Morgan fingerprint density at radius 2 is 2.06 bits per heavy atom. The van der Waals surface area contributed by atoms with Gasteiger partial charge in [-0.3, -0.25) is 0 Å². The van der Waals surface area contributed by atoms with Crippen molar-refractivity contribution in [3.8, 4) is 5.75 Å². The molecule has 6 heteroatoms. The second-order valence-electron chi connectivity index (χ2n) is 4.49. The first kappa shape index (κ1) is 14.8. The van der Waals surface area contributed by atoms with Gasteiger partial charge < -0.3 is 10.5 Å². The number of hydrogen-bond acceptors (Lipinski definition) is 4. The van der Waals surface area contributed by atoms with E-state index in [9.17, 15) is 8.42 Å². The summed E-state index contributed by atoms with van der Waals surface area (Å²) in [6, 6.07) is 4.49. The number of benzene rings is 1. The van der Waals surface area contributed by atoms with Crippen molar-refractivity contribution in [3.63, 3.8) is 0 Å². The maximum atomic E-state index is 12.1. The topological polar surface area (TPSA) is 81.4 Å². The molecule has 0 aliphatic rings. The zero-order chi connectivity index (χ0) is 13.8. The summed E-state index contributed by atoms with van der Waals surface area (Å²) in [5.41, 5.74) is 6.06. The van der Waals surface area contributed by atoms with E-state index >= 15 is 0 Å². The summed E-state index contributed by atoms with van der Waals surface area (Å²) in [5, 5.41) is 0. The minimum Gasteiger partial charge on any atom is -0.495 e. The molecule has 5 nitrogen and oxygen atoms in total. The first-order chi connectivity index (χ1) is 8.36. The molecule has 0 unspecified atom stereocenters. The average molecular weight is 272 g/mol. The highest BCUT2D eigenvalue weighted by Gasteiger charge is 2.19. The predicted octanol–water partition coefficient (Wildman–Crippen LogP) is 1.60. The fourth-order valence-corrected chi connectivity index (χ4v) is 2.66. The molecule has 0 atom stereocenters. The molecule has 0 heterocycles. The van der Waals surface area contributed by atoms with Gasteiger partial charge in [-0.05, 0) is 24.5 Å². The smallest absolute Gasteiger partial charge is 0.244 e. The second-order valence-corrected chi connectivity index (χ2v) is 6.23. The number of nitrogens with one attached hydrogen (secondary N) is 1. The van der Waals surface area contributed by atoms with E-state index in [0.717, 1.165) is 6.42 Å². The van der Waals surface area contributed by atoms with Crippen molar-refractivity contribution >= 4 is 15.7 Å². The first-order valence-electron chi connectivity index (χ1n) is 5.80. The van der Waals surface area contributed by atoms with Crippen molar-refractivity contribution < 1.29 is 13.2 Å². The molecule has 0 aromatic heterocycles. The third kappa shape index (κ3) is 3.89. The van der Waals surface area contributed by atoms with Crippen molar-refractivity contribution in [1.82, 2.24) is 4.72 Å². The Bertz CT molecular complexity index is 498. The normalized spacial score (nSPS) is 11.8. The highest BCUT2D eigenvalue weighted by molar-refractivity contribution is 7.89. The lowest BCUT2D eigenvalue weighted by Crippen LogP contribution is -2.26. The molecule has 1 rings (SSSR count). The third-order valence-electron chi connectivity index (χ3n) is 2.49. The van der Waals surface area contributed by atoms with Gasteiger partial charge in [-0.1, -0.05) is 13.8 Å². The van der Waals surface area contributed by atoms with Crippen molar-refractivity contribution in [2.45, 2.75) is 25.2 Å². The monoisotopic (exact) mass is 272 g/mol. The van der Waals surface area contributed by atoms with Crippen LogP contribution in [0.25, 0.3) is 0 Å². The summed E-state index contributed by atoms with van der Waals surface area (Å²) in [6.45, 7) is 4.49. The largest absolute Gasteiger partial charge is 0.495 e. The quantitative estimate of drug-likeness (QED) is 0.771. The zero-order valence-corrected chi connectivity index (χ0v) is 11.8. The molecule has 0 spiro atoms. The lowest BCUT2D eigenvalue weighted by Gasteiger charge is -2.12. The standard InChI is InChI=1S/C12H20N2O3S/c1-9(2)6-7-14-18(15,16)12-5-4-10(13)8-11(12)17-3/h4-5,8-9,14H,6-7,13H2,1-3H3. The summed E-state index contributed by atoms with van der Waals surface area (Å²) in [5.74, 6) is 0.702. The molecular formula is C12H20N2O3S. The number of anilines is 1. The Morgan fingerprint density at radius 3 is 2.61 bits per heavy atom. The highest BCUT2D eigenvalue weighted by Crippen LogP contribution is 2.25. The van der Waals surface area contributed by atoms with Crippen molar-refractivity contribution in [3.05, 3.63) is 18.2 Å². The van der Waals surface area contributed by atoms with E-state index in [1.165, 1.54) is 19.2 Å². The van der Waals surface area contributed by atoms with Gasteiger partial charge in [0.1, 0.15) is 10.6 Å². The van der Waals surface area contributed by atoms with E-state index in [4.69, 9.17) is 10.5 Å². The van der Waals surface area contributed by atoms with Crippen LogP contribution in [0.15, 0.2) is 23.1 Å². The van der Waals surface area contributed by atoms with Gasteiger partial charge in [-0.2, -0.15) is 0 Å². The maximum Gasteiger partial charge on any atom is 0.244 e. The van der Waals surface area contributed by atoms with Gasteiger partial charge in [0.05, 0.1) is 7.11 Å². The SMILES string of the molecule is COc1cc(N)ccc1S(=O)(=O)NCCC(C)C. The molecule has 1 aromatic rings. The Kier molecular flexibility index (Phi) is 4.98. The molecule has 0 saturated carbocycles. The molecule has 0 radical (unpaired) electrons. The van der Waals surface area contributed by atoms with E-state index in [-0.39, 0.29) is 10.6 Å². The fourth-order valence-electron chi connectivity index (χ4n) is 1.47. The van der Waals surface area contributed by atoms with Crippen LogP contribution in [-0.4, -0.2) is 22.1 Å². The van der Waals surface area contributed by atoms with Crippen LogP contribution in [0.3, 0.4) is 0 Å². The van der Waals surface area contributed by atoms with Crippen molar-refractivity contribution in [2.75, 3.05) is 19.4 Å². The van der Waals surface area contributed by atoms with Gasteiger partial charge in [0.15, 0.2) is 0 Å². The van der Waals surface area contributed by atoms with E-state index in [1.54, 1.807) is 6.07 Å². The van der Waals surface area contributed by atoms with Gasteiger partial charge in [-0.25, -0.2) is 13.1 Å². The Balaban J connectivity index is 2.91. The number of sulfonamides is 1. The van der Waals surface area contributed by atoms with Gasteiger partial charge in [-0.15, -0.1) is 0 Å². The lowest BCUT2D eigenvalue weighted by atomic mass is 10.1. The summed E-state index contributed by atoms with van der Waals surface area (Å²) < 4.78 is 31.7. The molecule has 1 aromatic carbocycles. The van der Waals surface area contributed by atoms with Gasteiger partial charge in [0.2, 0.25) is 10.0 Å². The van der Waals surface area contributed by atoms with Crippen molar-refractivity contribution in [2.24, 2.45) is 5.92 Å². The molecule has 0 aliphatic heterocycles. The van der Waals surface area contributed by atoms with Crippen molar-refractivity contribution in [1.29, 1.82) is 0 Å². The van der Waals surface area contributed by atoms with Crippen LogP contribution >= 0.6 is 0 Å². The summed E-state index contributed by atoms with van der Waals surface area (Å²) in [7, 11) is -2.13. The van der Waals surface area contributed by atoms with Crippen LogP contribution in [0.5, 0.6) is 5.75 Å². The molecular weight excluding hydrogens is 252 g/mol. The van der Waals surface area contributed by atoms with E-state index in [1.807, 2.05) is 13.8 Å². The van der Waals surface area contributed by atoms with Crippen LogP contribution in [0.1, 0.15) is 20.3 Å². The van der Waals surface area contributed by atoms with E-state index < -0.39 is 10.0 Å². The maximum absolute atomic E-state index is 12.1. The molecule has 0 fully saturated rings. The Labute approximate surface area is 108 Å². The second kappa shape index (κ2) is 6.06. The Morgan fingerprint density at radius 1 is 1.39 bits per heavy atom. The predicted molar refractivity (Wildman–Crippen MR) is 72.0 cm³/mol. The summed E-state index contributed by atoms with van der Waals surface area (Å²) >= 11 is 0. The number of ether oxygens (including phenoxy) is 1. The zero-order valence-electron chi connectivity index (χ0n) is 10.9. The summed E-state index contributed by atoms with van der Waals surface area (Å²) in [4.78, 5) is 0.114. The molecule has 102 valence electrons. The fraction of sp³-hybridized carbons (Fsp3) is 0.500. The van der Waals surface area contributed by atoms with Gasteiger partial charge in [0, 0.05) is 18.3 Å². The summed E-state index contributed by atoms with van der Waals surface area (Å²) in [6.07, 6.45) is 0.788. The van der Waals surface area contributed by atoms with Crippen LogP contribution < -0.4 is 15.2 Å². The molecule has 0 bridgehead atoms. The number of nitrogen functional groups attached to an aromatic ring is 1. The third-order valence-corrected chi connectivity index (χ3v) is 3.99. The molecule has 0 amide bonds. The van der Waals surface area contributed by atoms with E-state index in [2.05, 4.69) is 4.72 Å². The molecule has 0 aliphatic carbocycles. The highest BCUT2D eigenvalue weighted by atomic mass is 32.2. The molecule has 3 N–H and O–H groups in total. The first-order valence-corrected chi connectivity index (χ1v) is 7.28. The molecule has 0 saturated heterocycles. The lowest BCUT2D eigenvalue weighted by molar-refractivity contribution is 0.402. The number of hydrogen-bond donors (Lipinski definition) is 2. The van der Waals surface area contributed by atoms with Crippen LogP contribution in [-0.2, 0) is 10.0 Å². The molecule has 18 heavy (non-hydrogen) atoms. The number of nitrogens with two attached hydrogens (primary N) is 1. The van der Waals surface area contributed by atoms with Crippen LogP contribution in [0.4, 0.5) is 5.69 Å². The minimum absolute atomic E-state index is 0.114. The average Bonchev–Trinajstić information content (AvgIpc) is 2.27.